The van der Waals surface area contributed by atoms with E-state index in [0.29, 0.717) is 22.7 Å². The molecule has 1 heterocycles. The number of sulfonamides is 1. The lowest BCUT2D eigenvalue weighted by molar-refractivity contribution is -0.119. The summed E-state index contributed by atoms with van der Waals surface area (Å²) in [5.74, 6) is 0.704. The lowest BCUT2D eigenvalue weighted by atomic mass is 10.1. The van der Waals surface area contributed by atoms with Gasteiger partial charge in [0.05, 0.1) is 18.2 Å². The number of hydrogen-bond donors (Lipinski definition) is 1. The molecule has 3 rings (SSSR count). The standard InChI is InChI=1S/C19H21N3O5S/c1-13-5-4-6-16(14(13)2)22(28(3,24)25)11-19(23)21-20-10-15-7-8-17-18(9-15)27-12-26-17/h4-10H,11-12H2,1-3H3,(H,21,23)/b20-10-. The number of nitrogens with one attached hydrogen (secondary N) is 1. The average molecular weight is 403 g/mol. The predicted molar refractivity (Wildman–Crippen MR) is 106 cm³/mol. The van der Waals surface area contributed by atoms with Gasteiger partial charge in [0.2, 0.25) is 16.8 Å². The molecule has 1 aliphatic heterocycles. The summed E-state index contributed by atoms with van der Waals surface area (Å²) in [6.45, 7) is 3.50. The van der Waals surface area contributed by atoms with E-state index in [4.69, 9.17) is 9.47 Å². The summed E-state index contributed by atoms with van der Waals surface area (Å²) in [6.07, 6.45) is 2.51. The molecule has 0 radical (unpaired) electrons. The minimum absolute atomic E-state index is 0.173. The summed E-state index contributed by atoms with van der Waals surface area (Å²) in [5.41, 5.74) is 5.27. The first kappa shape index (κ1) is 19.7. The Kier molecular flexibility index (Phi) is 5.55. The normalized spacial score (nSPS) is 13.0. The van der Waals surface area contributed by atoms with Gasteiger partial charge in [0.15, 0.2) is 11.5 Å². The Bertz CT molecular complexity index is 1030. The molecule has 0 bridgehead atoms. The van der Waals surface area contributed by atoms with Crippen molar-refractivity contribution in [3.8, 4) is 11.5 Å². The van der Waals surface area contributed by atoms with Crippen molar-refractivity contribution in [1.82, 2.24) is 5.43 Å². The highest BCUT2D eigenvalue weighted by molar-refractivity contribution is 7.92. The number of nitrogens with zero attached hydrogens (tertiary/aromatic N) is 2. The number of rotatable bonds is 6. The zero-order valence-electron chi connectivity index (χ0n) is 15.8. The summed E-state index contributed by atoms with van der Waals surface area (Å²) < 4.78 is 36.0. The molecule has 0 atom stereocenters. The average Bonchev–Trinajstić information content (AvgIpc) is 3.09. The number of aryl methyl sites for hydroxylation is 1. The van der Waals surface area contributed by atoms with Crippen LogP contribution in [0.15, 0.2) is 41.5 Å². The molecule has 0 unspecified atom stereocenters. The van der Waals surface area contributed by atoms with Crippen LogP contribution in [0.25, 0.3) is 0 Å². The Hall–Kier alpha value is -3.07. The molecule has 1 N–H and O–H groups in total. The van der Waals surface area contributed by atoms with Gasteiger partial charge in [-0.3, -0.25) is 9.10 Å². The van der Waals surface area contributed by atoms with E-state index < -0.39 is 15.9 Å². The third kappa shape index (κ3) is 4.42. The highest BCUT2D eigenvalue weighted by Gasteiger charge is 2.22. The fraction of sp³-hybridized carbons (Fsp3) is 0.263. The van der Waals surface area contributed by atoms with E-state index in [1.165, 1.54) is 6.21 Å². The molecule has 2 aromatic rings. The molecule has 0 fully saturated rings. The van der Waals surface area contributed by atoms with Gasteiger partial charge in [0.1, 0.15) is 6.54 Å². The molecule has 1 amide bonds. The van der Waals surface area contributed by atoms with E-state index in [0.717, 1.165) is 21.7 Å². The van der Waals surface area contributed by atoms with Crippen LogP contribution in [-0.2, 0) is 14.8 Å². The molecule has 0 saturated carbocycles. The van der Waals surface area contributed by atoms with Crippen LogP contribution >= 0.6 is 0 Å². The summed E-state index contributed by atoms with van der Waals surface area (Å²) in [4.78, 5) is 12.3. The minimum Gasteiger partial charge on any atom is -0.454 e. The number of ether oxygens (including phenoxy) is 2. The highest BCUT2D eigenvalue weighted by Crippen LogP contribution is 2.32. The summed E-state index contributed by atoms with van der Waals surface area (Å²) in [6, 6.07) is 10.6. The Labute approximate surface area is 163 Å². The van der Waals surface area contributed by atoms with E-state index in [9.17, 15) is 13.2 Å². The van der Waals surface area contributed by atoms with E-state index in [1.807, 2.05) is 19.9 Å². The second kappa shape index (κ2) is 7.89. The van der Waals surface area contributed by atoms with E-state index in [2.05, 4.69) is 10.5 Å². The molecule has 0 aromatic heterocycles. The molecule has 0 spiro atoms. The van der Waals surface area contributed by atoms with Gasteiger partial charge in [0, 0.05) is 0 Å². The largest absolute Gasteiger partial charge is 0.454 e. The van der Waals surface area contributed by atoms with Crippen molar-refractivity contribution in [3.63, 3.8) is 0 Å². The van der Waals surface area contributed by atoms with Gasteiger partial charge in [-0.05, 0) is 54.8 Å². The Morgan fingerprint density at radius 2 is 1.96 bits per heavy atom. The second-order valence-electron chi connectivity index (χ2n) is 6.39. The predicted octanol–water partition coefficient (Wildman–Crippen LogP) is 1.95. The topological polar surface area (TPSA) is 97.3 Å². The number of hydrazone groups is 1. The zero-order valence-corrected chi connectivity index (χ0v) is 16.6. The molecular formula is C19H21N3O5S. The van der Waals surface area contributed by atoms with Crippen LogP contribution < -0.4 is 19.2 Å². The van der Waals surface area contributed by atoms with Crippen LogP contribution in [0.4, 0.5) is 5.69 Å². The number of anilines is 1. The fourth-order valence-corrected chi connectivity index (χ4v) is 3.63. The van der Waals surface area contributed by atoms with Gasteiger partial charge in [-0.25, -0.2) is 13.8 Å². The second-order valence-corrected chi connectivity index (χ2v) is 8.30. The maximum atomic E-state index is 12.3. The van der Waals surface area contributed by atoms with Crippen molar-refractivity contribution in [1.29, 1.82) is 0 Å². The molecule has 8 nitrogen and oxygen atoms in total. The smallest absolute Gasteiger partial charge is 0.260 e. The first-order valence-corrected chi connectivity index (χ1v) is 10.4. The number of carbonyl (C=O) groups is 1. The van der Waals surface area contributed by atoms with Crippen molar-refractivity contribution < 1.29 is 22.7 Å². The molecule has 148 valence electrons. The summed E-state index contributed by atoms with van der Waals surface area (Å²) in [5, 5.41) is 3.89. The van der Waals surface area contributed by atoms with Gasteiger partial charge < -0.3 is 9.47 Å². The SMILES string of the molecule is Cc1cccc(N(CC(=O)N/N=C\c2ccc3c(c2)OCO3)S(C)(=O)=O)c1C. The van der Waals surface area contributed by atoms with Crippen molar-refractivity contribution >= 4 is 27.8 Å². The number of fused-ring (bicyclic) bond motifs is 1. The zero-order chi connectivity index (χ0) is 20.3. The Balaban J connectivity index is 1.70. The third-order valence-corrected chi connectivity index (χ3v) is 5.46. The Morgan fingerprint density at radius 1 is 1.21 bits per heavy atom. The Morgan fingerprint density at radius 3 is 2.71 bits per heavy atom. The van der Waals surface area contributed by atoms with Gasteiger partial charge in [-0.1, -0.05) is 12.1 Å². The molecular weight excluding hydrogens is 382 g/mol. The number of carbonyl (C=O) groups excluding carboxylic acids is 1. The minimum atomic E-state index is -3.65. The number of hydrogen-bond acceptors (Lipinski definition) is 6. The summed E-state index contributed by atoms with van der Waals surface area (Å²) >= 11 is 0. The van der Waals surface area contributed by atoms with Gasteiger partial charge in [-0.15, -0.1) is 0 Å². The molecule has 2 aromatic carbocycles. The maximum absolute atomic E-state index is 12.3. The van der Waals surface area contributed by atoms with Gasteiger partial charge >= 0.3 is 0 Å². The lowest BCUT2D eigenvalue weighted by Crippen LogP contribution is -2.39. The molecule has 28 heavy (non-hydrogen) atoms. The fourth-order valence-electron chi connectivity index (χ4n) is 2.72. The van der Waals surface area contributed by atoms with Gasteiger partial charge in [0.25, 0.3) is 5.91 Å². The first-order chi connectivity index (χ1) is 13.3. The van der Waals surface area contributed by atoms with Crippen LogP contribution in [-0.4, -0.2) is 40.1 Å². The lowest BCUT2D eigenvalue weighted by Gasteiger charge is -2.23. The van der Waals surface area contributed by atoms with Crippen LogP contribution in [0, 0.1) is 13.8 Å². The monoisotopic (exact) mass is 403 g/mol. The van der Waals surface area contributed by atoms with E-state index >= 15 is 0 Å². The molecule has 0 aliphatic carbocycles. The number of benzene rings is 2. The molecule has 0 saturated heterocycles. The maximum Gasteiger partial charge on any atom is 0.260 e. The van der Waals surface area contributed by atoms with Crippen LogP contribution in [0.5, 0.6) is 11.5 Å². The van der Waals surface area contributed by atoms with Gasteiger partial charge in [-0.2, -0.15) is 5.10 Å². The van der Waals surface area contributed by atoms with E-state index in [-0.39, 0.29) is 13.3 Å². The van der Waals surface area contributed by atoms with Crippen LogP contribution in [0.2, 0.25) is 0 Å². The molecule has 9 heteroatoms. The quantitative estimate of drug-likeness (QED) is 0.587. The number of amides is 1. The summed E-state index contributed by atoms with van der Waals surface area (Å²) in [7, 11) is -3.65. The highest BCUT2D eigenvalue weighted by atomic mass is 32.2. The van der Waals surface area contributed by atoms with Crippen LogP contribution in [0.1, 0.15) is 16.7 Å². The van der Waals surface area contributed by atoms with Crippen molar-refractivity contribution in [2.45, 2.75) is 13.8 Å². The van der Waals surface area contributed by atoms with Crippen molar-refractivity contribution in [2.75, 3.05) is 23.9 Å². The van der Waals surface area contributed by atoms with Crippen molar-refractivity contribution in [2.24, 2.45) is 5.10 Å². The van der Waals surface area contributed by atoms with Crippen molar-refractivity contribution in [3.05, 3.63) is 53.1 Å². The molecule has 1 aliphatic rings. The first-order valence-electron chi connectivity index (χ1n) is 8.51. The van der Waals surface area contributed by atoms with E-state index in [1.54, 1.807) is 30.3 Å². The van der Waals surface area contributed by atoms with Crippen LogP contribution in [0.3, 0.4) is 0 Å². The third-order valence-electron chi connectivity index (χ3n) is 4.33.